The summed E-state index contributed by atoms with van der Waals surface area (Å²) < 4.78 is 73.7. The summed E-state index contributed by atoms with van der Waals surface area (Å²) in [4.78, 5) is 21.2. The normalized spacial score (nSPS) is 11.5. The van der Waals surface area contributed by atoms with Crippen molar-refractivity contribution in [3.63, 3.8) is 0 Å². The highest BCUT2D eigenvalue weighted by Gasteiger charge is 2.34. The number of benzene rings is 2. The molecule has 0 saturated carbocycles. The predicted molar refractivity (Wildman–Crippen MR) is 107 cm³/mol. The van der Waals surface area contributed by atoms with Gasteiger partial charge in [-0.2, -0.15) is 13.2 Å². The van der Waals surface area contributed by atoms with Crippen LogP contribution in [0.1, 0.15) is 12.5 Å². The van der Waals surface area contributed by atoms with Gasteiger partial charge in [-0.25, -0.2) is 23.6 Å². The zero-order chi connectivity index (χ0) is 23.8. The summed E-state index contributed by atoms with van der Waals surface area (Å²) in [5.74, 6) is -2.90. The first-order chi connectivity index (χ1) is 15.7. The molecule has 168 valence electrons. The van der Waals surface area contributed by atoms with E-state index in [-0.39, 0.29) is 34.1 Å². The molecule has 2 heterocycles. The third kappa shape index (κ3) is 4.29. The molecule has 0 N–H and O–H groups in total. The Morgan fingerprint density at radius 2 is 1.82 bits per heavy atom. The molecule has 0 spiro atoms. The molecule has 6 nitrogen and oxygen atoms in total. The summed E-state index contributed by atoms with van der Waals surface area (Å²) >= 11 is 0. The SMILES string of the molecule is CC(=O)N(c1ccccc1F)c1onc(-c2cc(F)cc(C(F)(F)F)c2)c1-c1ccncn1. The van der Waals surface area contributed by atoms with Gasteiger partial charge >= 0.3 is 6.18 Å². The van der Waals surface area contributed by atoms with Gasteiger partial charge in [0.2, 0.25) is 11.8 Å². The molecular weight excluding hydrogens is 447 g/mol. The average molecular weight is 460 g/mol. The van der Waals surface area contributed by atoms with Gasteiger partial charge in [-0.1, -0.05) is 17.3 Å². The van der Waals surface area contributed by atoms with E-state index >= 15 is 0 Å². The molecule has 0 radical (unpaired) electrons. The fraction of sp³-hybridized carbons (Fsp3) is 0.0909. The maximum absolute atomic E-state index is 14.5. The van der Waals surface area contributed by atoms with E-state index in [4.69, 9.17) is 4.52 Å². The maximum Gasteiger partial charge on any atom is 0.416 e. The first-order valence-electron chi connectivity index (χ1n) is 9.36. The van der Waals surface area contributed by atoms with Crippen molar-refractivity contribution in [3.8, 4) is 22.5 Å². The molecule has 4 rings (SSSR count). The second-order valence-corrected chi connectivity index (χ2v) is 6.84. The highest BCUT2D eigenvalue weighted by Crippen LogP contribution is 2.43. The van der Waals surface area contributed by atoms with E-state index < -0.39 is 29.3 Å². The van der Waals surface area contributed by atoms with Crippen LogP contribution in [0.4, 0.5) is 33.5 Å². The number of anilines is 2. The van der Waals surface area contributed by atoms with Crippen LogP contribution >= 0.6 is 0 Å². The largest absolute Gasteiger partial charge is 0.416 e. The molecule has 0 unspecified atom stereocenters. The van der Waals surface area contributed by atoms with Gasteiger partial charge in [0.1, 0.15) is 23.7 Å². The number of carbonyl (C=O) groups is 1. The van der Waals surface area contributed by atoms with Crippen LogP contribution < -0.4 is 4.90 Å². The van der Waals surface area contributed by atoms with Crippen molar-refractivity contribution >= 4 is 17.5 Å². The molecule has 0 aliphatic heterocycles. The first kappa shape index (κ1) is 22.1. The Labute approximate surface area is 183 Å². The summed E-state index contributed by atoms with van der Waals surface area (Å²) in [6, 6.07) is 8.60. The summed E-state index contributed by atoms with van der Waals surface area (Å²) in [7, 11) is 0. The van der Waals surface area contributed by atoms with Gasteiger partial charge < -0.3 is 4.52 Å². The highest BCUT2D eigenvalue weighted by atomic mass is 19.4. The van der Waals surface area contributed by atoms with E-state index in [0.717, 1.165) is 30.3 Å². The minimum absolute atomic E-state index is 0.0467. The molecule has 11 heteroatoms. The number of amides is 1. The molecular formula is C22H13F5N4O2. The lowest BCUT2D eigenvalue weighted by atomic mass is 10.0. The second-order valence-electron chi connectivity index (χ2n) is 6.84. The van der Waals surface area contributed by atoms with Gasteiger partial charge in [-0.15, -0.1) is 0 Å². The fourth-order valence-electron chi connectivity index (χ4n) is 3.25. The molecule has 0 aliphatic rings. The van der Waals surface area contributed by atoms with Crippen molar-refractivity contribution in [2.24, 2.45) is 0 Å². The number of para-hydroxylation sites is 1. The van der Waals surface area contributed by atoms with Gasteiger partial charge in [0.05, 0.1) is 22.5 Å². The van der Waals surface area contributed by atoms with Crippen LogP contribution in [0.3, 0.4) is 0 Å². The van der Waals surface area contributed by atoms with Gasteiger partial charge in [-0.05, 0) is 36.4 Å². The van der Waals surface area contributed by atoms with E-state index in [1.54, 1.807) is 0 Å². The van der Waals surface area contributed by atoms with Crippen molar-refractivity contribution in [2.75, 3.05) is 4.90 Å². The zero-order valence-electron chi connectivity index (χ0n) is 16.8. The summed E-state index contributed by atoms with van der Waals surface area (Å²) in [6.45, 7) is 1.14. The Balaban J connectivity index is 2.00. The predicted octanol–water partition coefficient (Wildman–Crippen LogP) is 5.78. The van der Waals surface area contributed by atoms with Crippen LogP contribution in [-0.2, 0) is 11.0 Å². The summed E-state index contributed by atoms with van der Waals surface area (Å²) in [6.07, 6.45) is -2.32. The minimum atomic E-state index is -4.82. The van der Waals surface area contributed by atoms with Crippen molar-refractivity contribution in [1.82, 2.24) is 15.1 Å². The van der Waals surface area contributed by atoms with E-state index in [1.165, 1.54) is 30.5 Å². The van der Waals surface area contributed by atoms with Crippen molar-refractivity contribution in [1.29, 1.82) is 0 Å². The molecule has 33 heavy (non-hydrogen) atoms. The second kappa shape index (κ2) is 8.41. The van der Waals surface area contributed by atoms with Gasteiger partial charge in [-0.3, -0.25) is 4.79 Å². The topological polar surface area (TPSA) is 72.1 Å². The van der Waals surface area contributed by atoms with E-state index in [1.807, 2.05) is 0 Å². The monoisotopic (exact) mass is 460 g/mol. The molecule has 0 fully saturated rings. The Morgan fingerprint density at radius 3 is 2.45 bits per heavy atom. The molecule has 0 atom stereocenters. The van der Waals surface area contributed by atoms with Crippen LogP contribution in [-0.4, -0.2) is 21.0 Å². The Morgan fingerprint density at radius 1 is 1.06 bits per heavy atom. The first-order valence-corrected chi connectivity index (χ1v) is 9.36. The fourth-order valence-corrected chi connectivity index (χ4v) is 3.25. The Bertz CT molecular complexity index is 1320. The number of halogens is 5. The number of rotatable bonds is 4. The van der Waals surface area contributed by atoms with Crippen LogP contribution in [0.2, 0.25) is 0 Å². The van der Waals surface area contributed by atoms with Gasteiger partial charge in [0.15, 0.2) is 0 Å². The number of nitrogens with zero attached hydrogens (tertiary/aromatic N) is 4. The zero-order valence-corrected chi connectivity index (χ0v) is 16.8. The quantitative estimate of drug-likeness (QED) is 0.361. The molecule has 0 aliphatic carbocycles. The van der Waals surface area contributed by atoms with Crippen molar-refractivity contribution in [2.45, 2.75) is 13.1 Å². The van der Waals surface area contributed by atoms with E-state index in [0.29, 0.717) is 12.1 Å². The van der Waals surface area contributed by atoms with E-state index in [9.17, 15) is 26.7 Å². The number of alkyl halides is 3. The molecule has 2 aromatic carbocycles. The lowest BCUT2D eigenvalue weighted by Crippen LogP contribution is -2.24. The van der Waals surface area contributed by atoms with Crippen LogP contribution in [0.5, 0.6) is 0 Å². The number of hydrogen-bond acceptors (Lipinski definition) is 5. The molecule has 1 amide bonds. The smallest absolute Gasteiger partial charge is 0.336 e. The Hall–Kier alpha value is -4.15. The number of carbonyl (C=O) groups excluding carboxylic acids is 1. The third-order valence-electron chi connectivity index (χ3n) is 4.62. The van der Waals surface area contributed by atoms with Gasteiger partial charge in [0, 0.05) is 18.7 Å². The van der Waals surface area contributed by atoms with Crippen LogP contribution in [0.25, 0.3) is 22.5 Å². The standard InChI is InChI=1S/C22H13F5N4O2/c1-12(32)31(18-5-3-2-4-16(18)24)21-19(17-6-7-28-11-29-17)20(30-33-21)13-8-14(22(25,26)27)10-15(23)9-13/h2-11H,1H3. The minimum Gasteiger partial charge on any atom is -0.336 e. The van der Waals surface area contributed by atoms with E-state index in [2.05, 4.69) is 15.1 Å². The summed E-state index contributed by atoms with van der Waals surface area (Å²) in [5, 5.41) is 3.80. The average Bonchev–Trinajstić information content (AvgIpc) is 3.19. The highest BCUT2D eigenvalue weighted by molar-refractivity contribution is 6.03. The molecule has 0 saturated heterocycles. The summed E-state index contributed by atoms with van der Waals surface area (Å²) in [5.41, 5.74) is -1.86. The van der Waals surface area contributed by atoms with Gasteiger partial charge in [0.25, 0.3) is 0 Å². The number of hydrogen-bond donors (Lipinski definition) is 0. The molecule has 0 bridgehead atoms. The van der Waals surface area contributed by atoms with Crippen LogP contribution in [0, 0.1) is 11.6 Å². The third-order valence-corrected chi connectivity index (χ3v) is 4.62. The lowest BCUT2D eigenvalue weighted by Gasteiger charge is -2.19. The lowest BCUT2D eigenvalue weighted by molar-refractivity contribution is -0.137. The van der Waals surface area contributed by atoms with Crippen molar-refractivity contribution < 1.29 is 31.3 Å². The molecule has 4 aromatic rings. The maximum atomic E-state index is 14.5. The van der Waals surface area contributed by atoms with Crippen LogP contribution in [0.15, 0.2) is 65.6 Å². The van der Waals surface area contributed by atoms with Crippen molar-refractivity contribution in [3.05, 3.63) is 78.3 Å². The number of aromatic nitrogens is 3. The molecule has 2 aromatic heterocycles. The Kier molecular flexibility index (Phi) is 5.62.